The van der Waals surface area contributed by atoms with E-state index in [2.05, 4.69) is 10.3 Å². The van der Waals surface area contributed by atoms with E-state index >= 15 is 0 Å². The number of oxazole rings is 1. The first-order valence-electron chi connectivity index (χ1n) is 8.46. The SMILES string of the molecule is O=C1NCCN(C(=O)C2=COCCC2)C1Cc1nc2ccccc2o1. The fourth-order valence-electron chi connectivity index (χ4n) is 3.24. The Morgan fingerprint density at radius 1 is 1.36 bits per heavy atom. The smallest absolute Gasteiger partial charge is 0.253 e. The van der Waals surface area contributed by atoms with Crippen molar-refractivity contribution in [1.82, 2.24) is 15.2 Å². The van der Waals surface area contributed by atoms with E-state index in [0.29, 0.717) is 43.2 Å². The molecule has 1 N–H and O–H groups in total. The standard InChI is InChI=1S/C18H19N3O4/c22-17-14(10-16-20-13-5-1-2-6-15(13)25-16)21(8-7-19-17)18(23)12-4-3-9-24-11-12/h1-2,5-6,11,14H,3-4,7-10H2,(H,19,22). The van der Waals surface area contributed by atoms with Crippen LogP contribution in [-0.2, 0) is 20.7 Å². The van der Waals surface area contributed by atoms with Gasteiger partial charge in [-0.25, -0.2) is 4.98 Å². The number of rotatable bonds is 3. The lowest BCUT2D eigenvalue weighted by molar-refractivity contribution is -0.141. The van der Waals surface area contributed by atoms with E-state index in [1.807, 2.05) is 24.3 Å². The van der Waals surface area contributed by atoms with Gasteiger partial charge >= 0.3 is 0 Å². The van der Waals surface area contributed by atoms with Crippen molar-refractivity contribution in [3.8, 4) is 0 Å². The predicted octanol–water partition coefficient (Wildman–Crippen LogP) is 1.39. The summed E-state index contributed by atoms with van der Waals surface area (Å²) < 4.78 is 11.0. The Morgan fingerprint density at radius 3 is 3.04 bits per heavy atom. The molecule has 2 amide bonds. The van der Waals surface area contributed by atoms with Gasteiger partial charge in [0.2, 0.25) is 5.91 Å². The fraction of sp³-hybridized carbons (Fsp3) is 0.389. The summed E-state index contributed by atoms with van der Waals surface area (Å²) in [5.74, 6) is 0.129. The molecule has 1 fully saturated rings. The van der Waals surface area contributed by atoms with Gasteiger partial charge in [-0.15, -0.1) is 0 Å². The van der Waals surface area contributed by atoms with Gasteiger partial charge in [0.05, 0.1) is 24.9 Å². The summed E-state index contributed by atoms with van der Waals surface area (Å²) in [5, 5.41) is 2.82. The Labute approximate surface area is 144 Å². The normalized spacial score (nSPS) is 20.8. The zero-order chi connectivity index (χ0) is 17.2. The molecule has 130 valence electrons. The van der Waals surface area contributed by atoms with Crippen LogP contribution in [-0.4, -0.2) is 47.4 Å². The molecule has 0 spiro atoms. The molecule has 25 heavy (non-hydrogen) atoms. The third kappa shape index (κ3) is 3.09. The minimum absolute atomic E-state index is 0.143. The van der Waals surface area contributed by atoms with Crippen LogP contribution in [0.15, 0.2) is 40.5 Å². The molecule has 1 unspecified atom stereocenters. The van der Waals surface area contributed by atoms with E-state index in [1.165, 1.54) is 6.26 Å². The van der Waals surface area contributed by atoms with Crippen molar-refractivity contribution in [2.24, 2.45) is 0 Å². The molecular weight excluding hydrogens is 322 g/mol. The molecule has 7 nitrogen and oxygen atoms in total. The number of nitrogens with one attached hydrogen (secondary N) is 1. The molecule has 0 bridgehead atoms. The van der Waals surface area contributed by atoms with E-state index in [4.69, 9.17) is 9.15 Å². The third-order valence-electron chi connectivity index (χ3n) is 4.51. The lowest BCUT2D eigenvalue weighted by Crippen LogP contribution is -2.58. The average Bonchev–Trinajstić information content (AvgIpc) is 3.06. The monoisotopic (exact) mass is 341 g/mol. The Bertz CT molecular complexity index is 809. The van der Waals surface area contributed by atoms with E-state index in [-0.39, 0.29) is 18.2 Å². The Hall–Kier alpha value is -2.83. The number of amides is 2. The van der Waals surface area contributed by atoms with Crippen molar-refractivity contribution >= 4 is 22.9 Å². The van der Waals surface area contributed by atoms with E-state index in [0.717, 1.165) is 11.9 Å². The first-order chi connectivity index (χ1) is 12.2. The van der Waals surface area contributed by atoms with Crippen LogP contribution in [0.5, 0.6) is 0 Å². The fourth-order valence-corrected chi connectivity index (χ4v) is 3.24. The molecule has 1 saturated heterocycles. The summed E-state index contributed by atoms with van der Waals surface area (Å²) in [6.07, 6.45) is 3.26. The number of para-hydroxylation sites is 2. The molecule has 3 heterocycles. The number of carbonyl (C=O) groups excluding carboxylic acids is 2. The van der Waals surface area contributed by atoms with Crippen LogP contribution in [0.3, 0.4) is 0 Å². The predicted molar refractivity (Wildman–Crippen MR) is 89.5 cm³/mol. The highest BCUT2D eigenvalue weighted by Crippen LogP contribution is 2.21. The highest BCUT2D eigenvalue weighted by Gasteiger charge is 2.35. The third-order valence-corrected chi connectivity index (χ3v) is 4.51. The largest absolute Gasteiger partial charge is 0.501 e. The van der Waals surface area contributed by atoms with Gasteiger partial charge in [0.15, 0.2) is 11.5 Å². The highest BCUT2D eigenvalue weighted by molar-refractivity contribution is 5.97. The molecule has 1 atom stereocenters. The van der Waals surface area contributed by atoms with Crippen LogP contribution >= 0.6 is 0 Å². The number of hydrogen-bond acceptors (Lipinski definition) is 5. The van der Waals surface area contributed by atoms with Gasteiger partial charge in [-0.05, 0) is 25.0 Å². The minimum Gasteiger partial charge on any atom is -0.501 e. The number of hydrogen-bond donors (Lipinski definition) is 1. The van der Waals surface area contributed by atoms with Gasteiger partial charge in [-0.2, -0.15) is 0 Å². The molecule has 1 aromatic carbocycles. The molecule has 0 aliphatic carbocycles. The van der Waals surface area contributed by atoms with Crippen molar-refractivity contribution in [1.29, 1.82) is 0 Å². The second-order valence-electron chi connectivity index (χ2n) is 6.20. The first-order valence-corrected chi connectivity index (χ1v) is 8.46. The molecule has 2 aromatic rings. The minimum atomic E-state index is -0.628. The summed E-state index contributed by atoms with van der Waals surface area (Å²) in [7, 11) is 0. The van der Waals surface area contributed by atoms with Crippen LogP contribution in [0, 0.1) is 0 Å². The maximum absolute atomic E-state index is 12.8. The van der Waals surface area contributed by atoms with Crippen molar-refractivity contribution in [2.45, 2.75) is 25.3 Å². The molecule has 7 heteroatoms. The zero-order valence-corrected chi connectivity index (χ0v) is 13.7. The van der Waals surface area contributed by atoms with Crippen molar-refractivity contribution in [3.05, 3.63) is 42.0 Å². The Morgan fingerprint density at radius 2 is 2.24 bits per heavy atom. The quantitative estimate of drug-likeness (QED) is 0.912. The number of fused-ring (bicyclic) bond motifs is 1. The lowest BCUT2D eigenvalue weighted by atomic mass is 10.0. The van der Waals surface area contributed by atoms with Crippen LogP contribution in [0.25, 0.3) is 11.1 Å². The maximum Gasteiger partial charge on any atom is 0.253 e. The van der Waals surface area contributed by atoms with Crippen LogP contribution in [0.1, 0.15) is 18.7 Å². The zero-order valence-electron chi connectivity index (χ0n) is 13.7. The van der Waals surface area contributed by atoms with Gasteiger partial charge in [-0.3, -0.25) is 9.59 Å². The molecular formula is C18H19N3O4. The Kier molecular flexibility index (Phi) is 4.13. The number of carbonyl (C=O) groups is 2. The molecule has 0 radical (unpaired) electrons. The van der Waals surface area contributed by atoms with Crippen LogP contribution in [0.2, 0.25) is 0 Å². The first kappa shape index (κ1) is 15.7. The Balaban J connectivity index is 1.58. The maximum atomic E-state index is 12.8. The van der Waals surface area contributed by atoms with Crippen LogP contribution in [0.4, 0.5) is 0 Å². The number of ether oxygens (including phenoxy) is 1. The van der Waals surface area contributed by atoms with Crippen molar-refractivity contribution < 1.29 is 18.7 Å². The van der Waals surface area contributed by atoms with Crippen molar-refractivity contribution in [2.75, 3.05) is 19.7 Å². The van der Waals surface area contributed by atoms with Gasteiger partial charge in [0, 0.05) is 13.1 Å². The van der Waals surface area contributed by atoms with E-state index < -0.39 is 6.04 Å². The van der Waals surface area contributed by atoms with Gasteiger partial charge in [0.25, 0.3) is 5.91 Å². The van der Waals surface area contributed by atoms with E-state index in [9.17, 15) is 9.59 Å². The molecule has 0 saturated carbocycles. The second kappa shape index (κ2) is 6.58. The molecule has 2 aliphatic heterocycles. The summed E-state index contributed by atoms with van der Waals surface area (Å²) >= 11 is 0. The van der Waals surface area contributed by atoms with Gasteiger partial charge in [0.1, 0.15) is 11.6 Å². The van der Waals surface area contributed by atoms with Crippen LogP contribution < -0.4 is 5.32 Å². The van der Waals surface area contributed by atoms with E-state index in [1.54, 1.807) is 4.90 Å². The van der Waals surface area contributed by atoms with Crippen molar-refractivity contribution in [3.63, 3.8) is 0 Å². The molecule has 2 aliphatic rings. The summed E-state index contributed by atoms with van der Waals surface area (Å²) in [6, 6.07) is 6.82. The summed E-state index contributed by atoms with van der Waals surface area (Å²) in [5.41, 5.74) is 2.04. The molecule has 1 aromatic heterocycles. The molecule has 4 rings (SSSR count). The number of nitrogens with zero attached hydrogens (tertiary/aromatic N) is 2. The number of benzene rings is 1. The summed E-state index contributed by atoms with van der Waals surface area (Å²) in [4.78, 5) is 31.2. The average molecular weight is 341 g/mol. The lowest BCUT2D eigenvalue weighted by Gasteiger charge is -2.35. The topological polar surface area (TPSA) is 84.7 Å². The summed E-state index contributed by atoms with van der Waals surface area (Å²) in [6.45, 7) is 1.54. The highest BCUT2D eigenvalue weighted by atomic mass is 16.5. The number of piperazine rings is 1. The van der Waals surface area contributed by atoms with Gasteiger partial charge < -0.3 is 19.4 Å². The number of aromatic nitrogens is 1. The second-order valence-corrected chi connectivity index (χ2v) is 6.20. The van der Waals surface area contributed by atoms with Gasteiger partial charge in [-0.1, -0.05) is 12.1 Å².